The van der Waals surface area contributed by atoms with Crippen molar-refractivity contribution in [2.45, 2.75) is 110 Å². The Morgan fingerprint density at radius 3 is 0.809 bits per heavy atom. The normalized spacial score (nSPS) is 16.0. The van der Waals surface area contributed by atoms with Crippen LogP contribution < -0.4 is 69.1 Å². The molecule has 0 aromatic heterocycles. The van der Waals surface area contributed by atoms with E-state index >= 15 is 0 Å². The zero-order valence-corrected chi connectivity index (χ0v) is 88.1. The number of hydrogen-bond donors (Lipinski definition) is 4. The molecular weight excluding hydrogens is 2020 g/mol. The second-order valence-corrected chi connectivity index (χ2v) is 45.2. The molecule has 141 heavy (non-hydrogen) atoms. The third kappa shape index (κ3) is 27.3. The Balaban J connectivity index is 0.000000140. The van der Waals surface area contributed by atoms with Gasteiger partial charge in [0.1, 0.15) is 17.4 Å². The maximum absolute atomic E-state index is 13.0. The molecule has 0 unspecified atom stereocenters. The summed E-state index contributed by atoms with van der Waals surface area (Å²) in [5.41, 5.74) is 8.62. The number of halogens is 3. The van der Waals surface area contributed by atoms with Crippen molar-refractivity contribution in [1.29, 1.82) is 0 Å². The van der Waals surface area contributed by atoms with Crippen molar-refractivity contribution in [2.75, 3.05) is 7.11 Å². The molecule has 10 nitrogen and oxygen atoms in total. The van der Waals surface area contributed by atoms with Crippen LogP contribution in [-0.4, -0.2) is 70.0 Å². The summed E-state index contributed by atoms with van der Waals surface area (Å²) in [6.07, 6.45) is 6.01. The zero-order chi connectivity index (χ0) is 98.5. The van der Waals surface area contributed by atoms with Gasteiger partial charge in [-0.25, -0.2) is 9.59 Å². The predicted molar refractivity (Wildman–Crippen MR) is 595 cm³/mol. The molecule has 0 amide bonds. The molecule has 2 aliphatic heterocycles. The molecule has 0 atom stereocenters. The third-order valence-corrected chi connectivity index (χ3v) is 36.7. The van der Waals surface area contributed by atoms with E-state index in [-0.39, 0.29) is 49.5 Å². The molecular formula is C122H114BBrCl2O10P4Pd. The first-order valence-corrected chi connectivity index (χ1v) is 53.9. The smallest absolute Gasteiger partial charge is 0.488 e. The number of esters is 2. The molecule has 20 rings (SSSR count). The Hall–Kier alpha value is -11.4. The fourth-order valence-electron chi connectivity index (χ4n) is 18.4. The van der Waals surface area contributed by atoms with E-state index in [1.165, 1.54) is 63.7 Å². The number of aryl methyl sites for hydroxylation is 4. The quantitative estimate of drug-likeness (QED) is 0.0282. The van der Waals surface area contributed by atoms with Crippen LogP contribution >= 0.6 is 70.8 Å². The number of hydrogen-bond acceptors (Lipinski definition) is 10. The molecule has 2 fully saturated rings. The SMILES string of the molecule is COC1CCC2(CC1)OC(=O)C(c1c(C)cc(C)c(Br)c1C)=C2O.Cc1cc(C)c(-c2ccc(Cl)cc2)c(C)c1C1=C(O)C2(CCC(C=O)CC2)OC1=O.OB(O)c1ccc(Cl)cc1.[Pd].c1ccc(P(c2ccccc2)c2ccccc2)cc1.c1ccc(P(c2ccccc2)c2ccccc2)cc1.c1ccc(P(c2ccccc2)c2ccccc2)cc1.c1ccc(P(c2ccccc2)c2ccccc2)cc1. The number of aliphatic hydroxyl groups excluding tert-OH is 2. The summed E-state index contributed by atoms with van der Waals surface area (Å²) in [6, 6.07) is 147. The van der Waals surface area contributed by atoms with Crippen molar-refractivity contribution < 1.29 is 69.3 Å². The van der Waals surface area contributed by atoms with Crippen LogP contribution in [0.2, 0.25) is 10.0 Å². The van der Waals surface area contributed by atoms with Crippen molar-refractivity contribution in [1.82, 2.24) is 0 Å². The number of methoxy groups -OCH3 is 1. The molecule has 2 spiro atoms. The van der Waals surface area contributed by atoms with Crippen LogP contribution in [-0.2, 0) is 49.0 Å². The van der Waals surface area contributed by atoms with Crippen molar-refractivity contribution in [2.24, 2.45) is 5.92 Å². The minimum Gasteiger partial charge on any atom is -0.507 e. The molecule has 19 heteroatoms. The van der Waals surface area contributed by atoms with E-state index in [2.05, 4.69) is 380 Å². The number of ether oxygens (including phenoxy) is 3. The van der Waals surface area contributed by atoms with E-state index in [0.717, 1.165) is 79.2 Å². The first kappa shape index (κ1) is 107. The van der Waals surface area contributed by atoms with Gasteiger partial charge in [-0.05, 0) is 274 Å². The van der Waals surface area contributed by atoms with Crippen LogP contribution in [0.1, 0.15) is 95.9 Å². The minimum atomic E-state index is -1.41. The number of carbonyl (C=O) groups is 3. The minimum absolute atomic E-state index is 0. The molecule has 2 aliphatic carbocycles. The van der Waals surface area contributed by atoms with E-state index in [0.29, 0.717) is 59.6 Å². The Bertz CT molecular complexity index is 5900. The van der Waals surface area contributed by atoms with Gasteiger partial charge in [0.15, 0.2) is 22.7 Å². The Morgan fingerprint density at radius 2 is 0.567 bits per heavy atom. The van der Waals surface area contributed by atoms with Gasteiger partial charge in [0, 0.05) is 48.0 Å². The van der Waals surface area contributed by atoms with Gasteiger partial charge < -0.3 is 39.3 Å². The molecule has 2 heterocycles. The summed E-state index contributed by atoms with van der Waals surface area (Å²) >= 11 is 15.2. The standard InChI is InChI=1S/C25H25ClO4.C19H23BrO4.4C18H15P.C6H6BClO2.Pd/c1-14-12-15(2)21(16(3)20(14)18-4-6-19(26)7-5-18)22-23(28)25(30-24(22)29)10-8-17(13-27)9-11-25;1-10-9-11(2)16(20)12(3)14(10)15-17(21)19(24-18(15)22)7-5-13(23-4)6-8-19;4*1-4-10-16(11-5-1)19(17-12-6-2-7-13-17)18-14-8-3-9-15-18;8-6-3-1-5(2-4-6)7(9)10;/h4-7,12-13,17,28H,8-11H2,1-3H3;9,13,21H,5-8H2,1-4H3;4*1-15H;1-4,9-10H;. The Morgan fingerprint density at radius 1 is 0.340 bits per heavy atom. The van der Waals surface area contributed by atoms with Gasteiger partial charge in [-0.1, -0.05) is 440 Å². The van der Waals surface area contributed by atoms with Gasteiger partial charge in [-0.3, -0.25) is 0 Å². The molecule has 2 saturated carbocycles. The molecule has 0 bridgehead atoms. The van der Waals surface area contributed by atoms with Gasteiger partial charge in [0.05, 0.1) is 6.10 Å². The van der Waals surface area contributed by atoms with Crippen LogP contribution in [0.3, 0.4) is 0 Å². The number of aliphatic hydroxyl groups is 2. The molecule has 0 radical (unpaired) electrons. The summed E-state index contributed by atoms with van der Waals surface area (Å²) in [4.78, 5) is 36.7. The van der Waals surface area contributed by atoms with Gasteiger partial charge in [0.2, 0.25) is 0 Å². The summed E-state index contributed by atoms with van der Waals surface area (Å²) in [5, 5.41) is 57.4. The molecule has 16 aromatic rings. The van der Waals surface area contributed by atoms with Crippen LogP contribution in [0, 0.1) is 47.5 Å². The maximum Gasteiger partial charge on any atom is 0.488 e. The van der Waals surface area contributed by atoms with Crippen molar-refractivity contribution >= 4 is 176 Å². The summed E-state index contributed by atoms with van der Waals surface area (Å²) in [6.45, 7) is 11.9. The average molecular weight is 2130 g/mol. The molecule has 716 valence electrons. The summed E-state index contributed by atoms with van der Waals surface area (Å²) < 4.78 is 17.8. The predicted octanol–water partition coefficient (Wildman–Crippen LogP) is 24.2. The van der Waals surface area contributed by atoms with Crippen molar-refractivity contribution in [3.05, 3.63) is 495 Å². The number of rotatable bonds is 18. The second-order valence-electron chi connectivity index (χ2n) is 34.6. The monoisotopic (exact) mass is 2130 g/mol. The topological polar surface area (TPSA) is 160 Å². The van der Waals surface area contributed by atoms with E-state index in [1.807, 2.05) is 77.9 Å². The molecule has 4 aliphatic rings. The number of aldehydes is 1. The van der Waals surface area contributed by atoms with Gasteiger partial charge in [0.25, 0.3) is 0 Å². The van der Waals surface area contributed by atoms with E-state index < -0.39 is 61.9 Å². The van der Waals surface area contributed by atoms with Gasteiger partial charge in [-0.15, -0.1) is 0 Å². The van der Waals surface area contributed by atoms with Crippen LogP contribution in [0.4, 0.5) is 0 Å². The Kier molecular flexibility index (Phi) is 39.8. The first-order chi connectivity index (χ1) is 68.1. The maximum atomic E-state index is 13.0. The molecule has 4 N–H and O–H groups in total. The first-order valence-electron chi connectivity index (χ1n) is 47.0. The number of benzene rings is 16. The number of carbonyl (C=O) groups excluding carboxylic acids is 3. The van der Waals surface area contributed by atoms with Crippen LogP contribution in [0.15, 0.2) is 441 Å². The molecule has 16 aromatic carbocycles. The van der Waals surface area contributed by atoms with E-state index in [1.54, 1.807) is 31.4 Å². The van der Waals surface area contributed by atoms with Gasteiger partial charge >= 0.3 is 19.1 Å². The van der Waals surface area contributed by atoms with E-state index in [9.17, 15) is 24.6 Å². The zero-order valence-electron chi connectivity index (χ0n) is 79.9. The van der Waals surface area contributed by atoms with Crippen molar-refractivity contribution in [3.8, 4) is 11.1 Å². The summed E-state index contributed by atoms with van der Waals surface area (Å²) in [5.74, 6) is -0.858. The van der Waals surface area contributed by atoms with E-state index in [4.69, 9.17) is 47.5 Å². The molecule has 0 saturated heterocycles. The fraction of sp³-hybridized carbons (Fsp3) is 0.156. The second kappa shape index (κ2) is 52.6. The largest absolute Gasteiger partial charge is 0.507 e. The Labute approximate surface area is 868 Å². The third-order valence-electron chi connectivity index (χ3n) is 25.2. The van der Waals surface area contributed by atoms with Crippen LogP contribution in [0.25, 0.3) is 22.3 Å². The van der Waals surface area contributed by atoms with Gasteiger partial charge in [-0.2, -0.15) is 0 Å². The van der Waals surface area contributed by atoms with Crippen molar-refractivity contribution in [3.63, 3.8) is 0 Å². The fourth-order valence-corrected chi connectivity index (χ4v) is 28.2. The summed E-state index contributed by atoms with van der Waals surface area (Å²) in [7, 11) is -1.49. The van der Waals surface area contributed by atoms with Crippen LogP contribution in [0.5, 0.6) is 0 Å². The average Bonchev–Trinajstić information content (AvgIpc) is 1.52.